The van der Waals surface area contributed by atoms with E-state index in [4.69, 9.17) is 18.3 Å². The maximum absolute atomic E-state index is 13.9. The fourth-order valence-electron chi connectivity index (χ4n) is 6.05. The number of aliphatic carboxylic acids is 2. The molecule has 0 bridgehead atoms. The standard InChI is InChI=1S/C36H38N2O10/c1-3-19-37(21-25-15-17-27(47-25)45-23-11-7-5-8-12-23)33(39)29-31(35(41)42)30(32(29)36(43)44)34(40)38(20-4-2)22-26-16-18-28(48-26)46-24-13-9-6-10-14-24/h5-18,29-32H,3-4,19-22H2,1-2H3,(H,41,42)(H,43,44). The van der Waals surface area contributed by atoms with Crippen molar-refractivity contribution in [2.75, 3.05) is 13.1 Å². The van der Waals surface area contributed by atoms with E-state index >= 15 is 0 Å². The van der Waals surface area contributed by atoms with Crippen molar-refractivity contribution in [3.8, 4) is 23.4 Å². The van der Waals surface area contributed by atoms with Crippen LogP contribution in [0.1, 0.15) is 38.2 Å². The molecule has 2 heterocycles. The molecule has 1 aliphatic rings. The van der Waals surface area contributed by atoms with Crippen LogP contribution in [0.5, 0.6) is 23.4 Å². The van der Waals surface area contributed by atoms with Gasteiger partial charge in [-0.05, 0) is 49.2 Å². The number of ether oxygens (including phenoxy) is 2. The SMILES string of the molecule is CCCN(Cc1ccc(Oc2ccccc2)o1)C(=O)C1C(C(=O)O)C(C(=O)N(CCC)Cc2ccc(Oc3ccccc3)o2)C1C(=O)O. The first-order chi connectivity index (χ1) is 23.2. The maximum Gasteiger partial charge on any atom is 0.308 e. The Morgan fingerprint density at radius 2 is 0.958 bits per heavy atom. The molecule has 2 amide bonds. The Kier molecular flexibility index (Phi) is 10.8. The van der Waals surface area contributed by atoms with Crippen molar-refractivity contribution in [3.05, 3.63) is 96.4 Å². The molecule has 2 aromatic heterocycles. The predicted molar refractivity (Wildman–Crippen MR) is 171 cm³/mol. The van der Waals surface area contributed by atoms with E-state index in [0.29, 0.717) is 35.9 Å². The van der Waals surface area contributed by atoms with Gasteiger partial charge in [0.15, 0.2) is 0 Å². The molecule has 12 nitrogen and oxygen atoms in total. The molecular weight excluding hydrogens is 620 g/mol. The third kappa shape index (κ3) is 7.71. The number of furan rings is 2. The average molecular weight is 659 g/mol. The number of amides is 2. The number of carbonyl (C=O) groups excluding carboxylic acids is 2. The van der Waals surface area contributed by atoms with Gasteiger partial charge in [-0.15, -0.1) is 0 Å². The molecule has 1 fully saturated rings. The van der Waals surface area contributed by atoms with Crippen molar-refractivity contribution in [3.63, 3.8) is 0 Å². The van der Waals surface area contributed by atoms with Crippen LogP contribution in [0, 0.1) is 23.7 Å². The Balaban J connectivity index is 1.32. The Morgan fingerprint density at radius 3 is 1.29 bits per heavy atom. The van der Waals surface area contributed by atoms with E-state index in [1.54, 1.807) is 48.5 Å². The summed E-state index contributed by atoms with van der Waals surface area (Å²) in [4.78, 5) is 55.8. The Morgan fingerprint density at radius 1 is 0.583 bits per heavy atom. The van der Waals surface area contributed by atoms with Crippen LogP contribution >= 0.6 is 0 Å². The van der Waals surface area contributed by atoms with Crippen molar-refractivity contribution >= 4 is 23.8 Å². The van der Waals surface area contributed by atoms with Crippen LogP contribution in [0.2, 0.25) is 0 Å². The number of rotatable bonds is 16. The minimum Gasteiger partial charge on any atom is -0.481 e. The second kappa shape index (κ2) is 15.4. The number of nitrogens with zero attached hydrogens (tertiary/aromatic N) is 2. The molecule has 2 aromatic carbocycles. The lowest BCUT2D eigenvalue weighted by atomic mass is 9.55. The Bertz CT molecular complexity index is 1570. The third-order valence-electron chi connectivity index (χ3n) is 8.19. The van der Waals surface area contributed by atoms with Gasteiger partial charge in [0.2, 0.25) is 11.8 Å². The summed E-state index contributed by atoms with van der Waals surface area (Å²) in [6.07, 6.45) is 1.04. The Hall–Kier alpha value is -5.52. The normalized spacial score (nSPS) is 18.4. The van der Waals surface area contributed by atoms with E-state index in [0.717, 1.165) is 0 Å². The lowest BCUT2D eigenvalue weighted by Crippen LogP contribution is -2.64. The van der Waals surface area contributed by atoms with Gasteiger partial charge >= 0.3 is 11.9 Å². The summed E-state index contributed by atoms with van der Waals surface area (Å²) in [5.74, 6) is -7.87. The first-order valence-electron chi connectivity index (χ1n) is 15.9. The number of carboxylic acids is 2. The Labute approximate surface area is 277 Å². The number of carbonyl (C=O) groups is 4. The van der Waals surface area contributed by atoms with Gasteiger partial charge in [-0.2, -0.15) is 0 Å². The lowest BCUT2D eigenvalue weighted by molar-refractivity contribution is -0.187. The van der Waals surface area contributed by atoms with Gasteiger partial charge in [0.05, 0.1) is 36.8 Å². The largest absolute Gasteiger partial charge is 0.481 e. The van der Waals surface area contributed by atoms with Crippen molar-refractivity contribution in [2.45, 2.75) is 39.8 Å². The van der Waals surface area contributed by atoms with Crippen molar-refractivity contribution in [1.29, 1.82) is 0 Å². The zero-order valence-corrected chi connectivity index (χ0v) is 26.7. The topological polar surface area (TPSA) is 160 Å². The molecule has 0 atom stereocenters. The molecule has 2 N–H and O–H groups in total. The average Bonchev–Trinajstić information content (AvgIpc) is 3.69. The maximum atomic E-state index is 13.9. The van der Waals surface area contributed by atoms with Crippen LogP contribution in [0.3, 0.4) is 0 Å². The van der Waals surface area contributed by atoms with E-state index < -0.39 is 47.4 Å². The monoisotopic (exact) mass is 658 g/mol. The molecule has 48 heavy (non-hydrogen) atoms. The number of benzene rings is 2. The number of carboxylic acid groups (broad SMARTS) is 2. The number of para-hydroxylation sites is 2. The smallest absolute Gasteiger partial charge is 0.308 e. The van der Waals surface area contributed by atoms with Gasteiger partial charge in [0.25, 0.3) is 11.9 Å². The number of hydrogen-bond donors (Lipinski definition) is 2. The first-order valence-corrected chi connectivity index (χ1v) is 15.9. The minimum atomic E-state index is -1.54. The molecule has 1 saturated carbocycles. The summed E-state index contributed by atoms with van der Waals surface area (Å²) in [6.45, 7) is 4.05. The summed E-state index contributed by atoms with van der Waals surface area (Å²) < 4.78 is 23.0. The molecule has 1 aliphatic carbocycles. The van der Waals surface area contributed by atoms with E-state index in [-0.39, 0.29) is 38.1 Å². The first kappa shape index (κ1) is 33.8. The minimum absolute atomic E-state index is 0.0353. The van der Waals surface area contributed by atoms with E-state index in [1.165, 1.54) is 9.80 Å². The summed E-state index contributed by atoms with van der Waals surface area (Å²) in [6, 6.07) is 24.5. The van der Waals surface area contributed by atoms with E-state index in [2.05, 4.69) is 0 Å². The van der Waals surface area contributed by atoms with E-state index in [9.17, 15) is 29.4 Å². The third-order valence-corrected chi connectivity index (χ3v) is 8.19. The molecule has 252 valence electrons. The van der Waals surface area contributed by atoms with Gasteiger partial charge in [-0.3, -0.25) is 19.2 Å². The van der Waals surface area contributed by atoms with Gasteiger partial charge in [-0.1, -0.05) is 50.2 Å². The molecular formula is C36H38N2O10. The lowest BCUT2D eigenvalue weighted by Gasteiger charge is -2.48. The van der Waals surface area contributed by atoms with Crippen LogP contribution < -0.4 is 9.47 Å². The molecule has 4 aromatic rings. The second-order valence-corrected chi connectivity index (χ2v) is 11.6. The summed E-state index contributed by atoms with van der Waals surface area (Å²) in [5, 5.41) is 20.5. The van der Waals surface area contributed by atoms with Crippen molar-refractivity contribution in [2.24, 2.45) is 23.7 Å². The van der Waals surface area contributed by atoms with Gasteiger partial charge in [-0.25, -0.2) is 0 Å². The van der Waals surface area contributed by atoms with E-state index in [1.807, 2.05) is 50.2 Å². The van der Waals surface area contributed by atoms with Gasteiger partial charge < -0.3 is 38.3 Å². The van der Waals surface area contributed by atoms with Crippen molar-refractivity contribution < 1.29 is 47.7 Å². The van der Waals surface area contributed by atoms with Crippen LogP contribution in [0.15, 0.2) is 93.8 Å². The molecule has 0 spiro atoms. The second-order valence-electron chi connectivity index (χ2n) is 11.6. The summed E-state index contributed by atoms with van der Waals surface area (Å²) >= 11 is 0. The summed E-state index contributed by atoms with van der Waals surface area (Å²) in [5.41, 5.74) is 0. The van der Waals surface area contributed by atoms with Gasteiger partial charge in [0.1, 0.15) is 23.0 Å². The quantitative estimate of drug-likeness (QED) is 0.140. The van der Waals surface area contributed by atoms with Crippen LogP contribution in [-0.2, 0) is 32.3 Å². The van der Waals surface area contributed by atoms with Crippen molar-refractivity contribution in [1.82, 2.24) is 9.80 Å². The highest BCUT2D eigenvalue weighted by molar-refractivity contribution is 5.99. The van der Waals surface area contributed by atoms with Crippen LogP contribution in [-0.4, -0.2) is 56.9 Å². The highest BCUT2D eigenvalue weighted by Crippen LogP contribution is 2.49. The highest BCUT2D eigenvalue weighted by Gasteiger charge is 2.64. The van der Waals surface area contributed by atoms with Crippen LogP contribution in [0.25, 0.3) is 0 Å². The molecule has 5 rings (SSSR count). The molecule has 0 unspecified atom stereocenters. The zero-order valence-electron chi connectivity index (χ0n) is 26.7. The fraction of sp³-hybridized carbons (Fsp3) is 0.333. The molecule has 0 radical (unpaired) electrons. The van der Waals surface area contributed by atoms with Crippen LogP contribution in [0.4, 0.5) is 0 Å². The molecule has 0 saturated heterocycles. The van der Waals surface area contributed by atoms with Gasteiger partial charge in [0, 0.05) is 25.2 Å². The zero-order chi connectivity index (χ0) is 34.2. The number of hydrogen-bond acceptors (Lipinski definition) is 8. The molecule has 12 heteroatoms. The predicted octanol–water partition coefficient (Wildman–Crippen LogP) is 6.28. The molecule has 0 aliphatic heterocycles. The summed E-state index contributed by atoms with van der Waals surface area (Å²) in [7, 11) is 0. The fourth-order valence-corrected chi connectivity index (χ4v) is 6.05. The highest BCUT2D eigenvalue weighted by atomic mass is 16.6.